The van der Waals surface area contributed by atoms with Crippen LogP contribution in [0.15, 0.2) is 5.38 Å². The Hall–Kier alpha value is -0.940. The Bertz CT molecular complexity index is 311. The van der Waals surface area contributed by atoms with Gasteiger partial charge in [0.05, 0.1) is 0 Å². The minimum absolute atomic E-state index is 0.0712. The van der Waals surface area contributed by atoms with Gasteiger partial charge < -0.3 is 9.84 Å². The van der Waals surface area contributed by atoms with Crippen molar-refractivity contribution < 1.29 is 14.6 Å². The molecule has 0 aliphatic heterocycles. The van der Waals surface area contributed by atoms with Crippen LogP contribution in [0.4, 0.5) is 0 Å². The monoisotopic (exact) mass is 215 g/mol. The van der Waals surface area contributed by atoms with Crippen LogP contribution in [0.25, 0.3) is 0 Å². The van der Waals surface area contributed by atoms with Crippen LogP contribution in [0.1, 0.15) is 41.9 Å². The molecule has 0 aromatic carbocycles. The van der Waals surface area contributed by atoms with Crippen LogP contribution in [0.2, 0.25) is 0 Å². The second kappa shape index (κ2) is 5.07. The summed E-state index contributed by atoms with van der Waals surface area (Å²) in [5.41, 5.74) is 0.100. The topological polar surface area (TPSA) is 59.4 Å². The van der Waals surface area contributed by atoms with Gasteiger partial charge >= 0.3 is 5.97 Å². The minimum Gasteiger partial charge on any atom is -0.476 e. The Kier molecular flexibility index (Phi) is 4.03. The standard InChI is InChI=1S/C9H13NO3S/c1-3-7(13-4-2)8-10-6(5-14-8)9(11)12/h5,7H,3-4H2,1-2H3,(H,11,12). The molecule has 78 valence electrons. The van der Waals surface area contributed by atoms with Gasteiger partial charge in [-0.25, -0.2) is 9.78 Å². The van der Waals surface area contributed by atoms with E-state index in [1.807, 2.05) is 13.8 Å². The van der Waals surface area contributed by atoms with Crippen molar-refractivity contribution in [3.63, 3.8) is 0 Å². The SMILES string of the molecule is CCOC(CC)c1nc(C(=O)O)cs1. The number of carboxylic acids is 1. The number of thiazole rings is 1. The fourth-order valence-corrected chi connectivity index (χ4v) is 2.02. The lowest BCUT2D eigenvalue weighted by molar-refractivity contribution is 0.0589. The first kappa shape index (κ1) is 11.1. The normalized spacial score (nSPS) is 12.7. The van der Waals surface area contributed by atoms with Crippen molar-refractivity contribution in [3.05, 3.63) is 16.1 Å². The third-order valence-electron chi connectivity index (χ3n) is 1.76. The minimum atomic E-state index is -0.987. The van der Waals surface area contributed by atoms with Crippen molar-refractivity contribution in [1.82, 2.24) is 4.98 Å². The fourth-order valence-electron chi connectivity index (χ4n) is 1.10. The molecule has 1 heterocycles. The molecule has 1 rings (SSSR count). The van der Waals surface area contributed by atoms with Crippen molar-refractivity contribution >= 4 is 17.3 Å². The third-order valence-corrected chi connectivity index (χ3v) is 2.69. The van der Waals surface area contributed by atoms with E-state index in [2.05, 4.69) is 4.98 Å². The van der Waals surface area contributed by atoms with Gasteiger partial charge in [-0.1, -0.05) is 6.92 Å². The van der Waals surface area contributed by atoms with Crippen LogP contribution in [-0.4, -0.2) is 22.7 Å². The first-order chi connectivity index (χ1) is 6.69. The van der Waals surface area contributed by atoms with Gasteiger partial charge in [0.1, 0.15) is 11.1 Å². The molecule has 0 aliphatic rings. The lowest BCUT2D eigenvalue weighted by Crippen LogP contribution is -2.04. The maximum Gasteiger partial charge on any atom is 0.355 e. The Morgan fingerprint density at radius 2 is 2.43 bits per heavy atom. The van der Waals surface area contributed by atoms with Gasteiger partial charge in [0.15, 0.2) is 5.69 Å². The number of rotatable bonds is 5. The number of hydrogen-bond acceptors (Lipinski definition) is 4. The summed E-state index contributed by atoms with van der Waals surface area (Å²) < 4.78 is 5.43. The van der Waals surface area contributed by atoms with Crippen molar-refractivity contribution in [3.8, 4) is 0 Å². The molecule has 0 saturated heterocycles. The molecule has 0 fully saturated rings. The van der Waals surface area contributed by atoms with Crippen LogP contribution >= 0.6 is 11.3 Å². The summed E-state index contributed by atoms with van der Waals surface area (Å²) >= 11 is 1.33. The van der Waals surface area contributed by atoms with E-state index < -0.39 is 5.97 Å². The van der Waals surface area contributed by atoms with Crippen molar-refractivity contribution in [2.75, 3.05) is 6.61 Å². The van der Waals surface area contributed by atoms with Gasteiger partial charge in [-0.05, 0) is 13.3 Å². The number of hydrogen-bond donors (Lipinski definition) is 1. The lowest BCUT2D eigenvalue weighted by atomic mass is 10.3. The quantitative estimate of drug-likeness (QED) is 0.818. The van der Waals surface area contributed by atoms with Crippen molar-refractivity contribution in [2.24, 2.45) is 0 Å². The Morgan fingerprint density at radius 3 is 2.86 bits per heavy atom. The maximum absolute atomic E-state index is 10.6. The van der Waals surface area contributed by atoms with Crippen molar-refractivity contribution in [1.29, 1.82) is 0 Å². The van der Waals surface area contributed by atoms with E-state index in [0.29, 0.717) is 6.61 Å². The highest BCUT2D eigenvalue weighted by atomic mass is 32.1. The van der Waals surface area contributed by atoms with E-state index in [1.165, 1.54) is 11.3 Å². The number of nitrogens with zero attached hydrogens (tertiary/aromatic N) is 1. The number of carboxylic acid groups (broad SMARTS) is 1. The first-order valence-electron chi connectivity index (χ1n) is 4.49. The molecule has 1 N–H and O–H groups in total. The molecule has 0 bridgehead atoms. The highest BCUT2D eigenvalue weighted by Crippen LogP contribution is 2.24. The van der Waals surface area contributed by atoms with E-state index >= 15 is 0 Å². The highest BCUT2D eigenvalue weighted by Gasteiger charge is 2.15. The van der Waals surface area contributed by atoms with Crippen LogP contribution in [0.5, 0.6) is 0 Å². The molecule has 0 aliphatic carbocycles. The van der Waals surface area contributed by atoms with Crippen LogP contribution in [0, 0.1) is 0 Å². The zero-order valence-corrected chi connectivity index (χ0v) is 9.00. The van der Waals surface area contributed by atoms with E-state index in [0.717, 1.165) is 11.4 Å². The number of carbonyl (C=O) groups is 1. The van der Waals surface area contributed by atoms with E-state index in [9.17, 15) is 4.79 Å². The van der Waals surface area contributed by atoms with Gasteiger partial charge in [-0.2, -0.15) is 0 Å². The molecule has 1 aromatic rings. The van der Waals surface area contributed by atoms with E-state index in [1.54, 1.807) is 5.38 Å². The zero-order chi connectivity index (χ0) is 10.6. The smallest absolute Gasteiger partial charge is 0.355 e. The number of aromatic nitrogens is 1. The third kappa shape index (κ3) is 2.52. The average molecular weight is 215 g/mol. The lowest BCUT2D eigenvalue weighted by Gasteiger charge is -2.10. The van der Waals surface area contributed by atoms with Gasteiger partial charge in [0, 0.05) is 12.0 Å². The number of aromatic carboxylic acids is 1. The Balaban J connectivity index is 2.78. The fraction of sp³-hybridized carbons (Fsp3) is 0.556. The molecule has 0 amide bonds. The highest BCUT2D eigenvalue weighted by molar-refractivity contribution is 7.09. The number of ether oxygens (including phenoxy) is 1. The molecular formula is C9H13NO3S. The Morgan fingerprint density at radius 1 is 1.71 bits per heavy atom. The predicted molar refractivity (Wildman–Crippen MR) is 53.7 cm³/mol. The second-order valence-corrected chi connectivity index (χ2v) is 3.62. The molecule has 1 unspecified atom stereocenters. The second-order valence-electron chi connectivity index (χ2n) is 2.73. The summed E-state index contributed by atoms with van der Waals surface area (Å²) in [6.45, 7) is 4.51. The predicted octanol–water partition coefficient (Wildman–Crippen LogP) is 2.33. The van der Waals surface area contributed by atoms with Crippen LogP contribution < -0.4 is 0 Å². The maximum atomic E-state index is 10.6. The molecule has 5 heteroatoms. The molecule has 14 heavy (non-hydrogen) atoms. The van der Waals surface area contributed by atoms with Crippen molar-refractivity contribution in [2.45, 2.75) is 26.4 Å². The summed E-state index contributed by atoms with van der Waals surface area (Å²) in [5.74, 6) is -0.987. The van der Waals surface area contributed by atoms with E-state index in [4.69, 9.17) is 9.84 Å². The summed E-state index contributed by atoms with van der Waals surface area (Å²) in [6, 6.07) is 0. The van der Waals surface area contributed by atoms with Gasteiger partial charge in [0.2, 0.25) is 0 Å². The molecule has 4 nitrogen and oxygen atoms in total. The first-order valence-corrected chi connectivity index (χ1v) is 5.37. The summed E-state index contributed by atoms with van der Waals surface area (Å²) in [6.07, 6.45) is 0.735. The molecule has 1 aromatic heterocycles. The summed E-state index contributed by atoms with van der Waals surface area (Å²) in [5, 5.41) is 11.0. The van der Waals surface area contributed by atoms with Gasteiger partial charge in [-0.3, -0.25) is 0 Å². The molecular weight excluding hydrogens is 202 g/mol. The van der Waals surface area contributed by atoms with Crippen LogP contribution in [0.3, 0.4) is 0 Å². The molecule has 0 radical (unpaired) electrons. The summed E-state index contributed by atoms with van der Waals surface area (Å²) in [4.78, 5) is 14.6. The molecule has 0 spiro atoms. The molecule has 0 saturated carbocycles. The Labute approximate surface area is 86.6 Å². The molecule has 1 atom stereocenters. The van der Waals surface area contributed by atoms with Crippen LogP contribution in [-0.2, 0) is 4.74 Å². The largest absolute Gasteiger partial charge is 0.476 e. The van der Waals surface area contributed by atoms with Gasteiger partial charge in [-0.15, -0.1) is 11.3 Å². The zero-order valence-electron chi connectivity index (χ0n) is 8.19. The average Bonchev–Trinajstić information content (AvgIpc) is 2.63. The van der Waals surface area contributed by atoms with Gasteiger partial charge in [0.25, 0.3) is 0 Å². The summed E-state index contributed by atoms with van der Waals surface area (Å²) in [7, 11) is 0. The van der Waals surface area contributed by atoms with E-state index in [-0.39, 0.29) is 11.8 Å².